The minimum absolute atomic E-state index is 0.0595. The van der Waals surface area contributed by atoms with Gasteiger partial charge in [0.05, 0.1) is 0 Å². The van der Waals surface area contributed by atoms with Crippen molar-refractivity contribution in [2.45, 2.75) is 53.1 Å². The van der Waals surface area contributed by atoms with E-state index in [1.54, 1.807) is 0 Å². The van der Waals surface area contributed by atoms with E-state index in [0.29, 0.717) is 6.61 Å². The van der Waals surface area contributed by atoms with Gasteiger partial charge in [0, 0.05) is 22.1 Å². The molecule has 0 aromatic heterocycles. The Morgan fingerprint density at radius 3 is 2.48 bits per heavy atom. The van der Waals surface area contributed by atoms with Crippen molar-refractivity contribution in [2.75, 3.05) is 6.61 Å². The van der Waals surface area contributed by atoms with Crippen LogP contribution in [0.2, 0.25) is 0 Å². The molecule has 0 unspecified atom stereocenters. The zero-order valence-electron chi connectivity index (χ0n) is 13.7. The average molecular weight is 352 g/mol. The third kappa shape index (κ3) is 7.02. The summed E-state index contributed by atoms with van der Waals surface area (Å²) in [5.74, 6) is 3.35. The first kappa shape index (κ1) is 18.1. The van der Waals surface area contributed by atoms with Crippen LogP contribution in [0.4, 0.5) is 0 Å². The first-order valence-corrected chi connectivity index (χ1v) is 8.02. The van der Waals surface area contributed by atoms with Crippen molar-refractivity contribution >= 4 is 15.9 Å². The smallest absolute Gasteiger partial charge is 0.148 e. The summed E-state index contributed by atoms with van der Waals surface area (Å²) in [5.41, 5.74) is 1.46. The molecule has 1 rings (SSSR count). The van der Waals surface area contributed by atoms with Gasteiger partial charge in [-0.2, -0.15) is 0 Å². The fraction of sp³-hybridized carbons (Fsp3) is 0.556. The van der Waals surface area contributed by atoms with Crippen molar-refractivity contribution in [3.05, 3.63) is 28.2 Å². The molecule has 0 spiro atoms. The molecule has 0 radical (unpaired) electrons. The number of halogens is 1. The first-order chi connectivity index (χ1) is 9.63. The largest absolute Gasteiger partial charge is 0.481 e. The number of terminal acetylenes is 1. The van der Waals surface area contributed by atoms with Crippen LogP contribution in [0.1, 0.15) is 46.6 Å². The molecule has 0 saturated heterocycles. The van der Waals surface area contributed by atoms with Gasteiger partial charge in [0.2, 0.25) is 0 Å². The molecule has 3 heteroatoms. The molecule has 1 aromatic carbocycles. The predicted octanol–water partition coefficient (Wildman–Crippen LogP) is 4.77. The third-order valence-corrected chi connectivity index (χ3v) is 3.56. The lowest BCUT2D eigenvalue weighted by Gasteiger charge is -2.33. The Balaban J connectivity index is 2.78. The van der Waals surface area contributed by atoms with E-state index in [4.69, 9.17) is 11.2 Å². The number of nitrogens with one attached hydrogen (secondary N) is 1. The number of hydrogen-bond acceptors (Lipinski definition) is 2. The van der Waals surface area contributed by atoms with Crippen LogP contribution in [0.25, 0.3) is 0 Å². The second-order valence-electron chi connectivity index (χ2n) is 7.22. The van der Waals surface area contributed by atoms with E-state index in [0.717, 1.165) is 28.8 Å². The van der Waals surface area contributed by atoms with E-state index < -0.39 is 0 Å². The predicted molar refractivity (Wildman–Crippen MR) is 93.5 cm³/mol. The summed E-state index contributed by atoms with van der Waals surface area (Å²) >= 11 is 3.51. The number of rotatable bonds is 6. The minimum atomic E-state index is 0.0595. The molecule has 116 valence electrons. The van der Waals surface area contributed by atoms with Crippen LogP contribution in [0, 0.1) is 17.8 Å². The van der Waals surface area contributed by atoms with E-state index in [2.05, 4.69) is 67.9 Å². The lowest BCUT2D eigenvalue weighted by atomic mass is 9.82. The van der Waals surface area contributed by atoms with E-state index in [1.165, 1.54) is 0 Å². The monoisotopic (exact) mass is 351 g/mol. The standard InChI is InChI=1S/C18H26BrNO/c1-7-10-21-16-9-8-15(19)11-14(16)12-20-18(5,6)13-17(2,3)4/h1,8-9,11,20H,10,12-13H2,2-6H3. The highest BCUT2D eigenvalue weighted by molar-refractivity contribution is 9.10. The van der Waals surface area contributed by atoms with Crippen molar-refractivity contribution in [2.24, 2.45) is 5.41 Å². The highest BCUT2D eigenvalue weighted by atomic mass is 79.9. The van der Waals surface area contributed by atoms with Crippen molar-refractivity contribution in [1.82, 2.24) is 5.32 Å². The van der Waals surface area contributed by atoms with Gasteiger partial charge in [-0.05, 0) is 43.9 Å². The van der Waals surface area contributed by atoms with Gasteiger partial charge in [0.15, 0.2) is 0 Å². The lowest BCUT2D eigenvalue weighted by Crippen LogP contribution is -2.41. The molecular formula is C18H26BrNO. The Morgan fingerprint density at radius 1 is 1.24 bits per heavy atom. The van der Waals surface area contributed by atoms with E-state index in [9.17, 15) is 0 Å². The molecule has 0 amide bonds. The minimum Gasteiger partial charge on any atom is -0.481 e. The molecule has 0 atom stereocenters. The summed E-state index contributed by atoms with van der Waals surface area (Å²) in [6.07, 6.45) is 6.36. The maximum absolute atomic E-state index is 5.61. The zero-order valence-corrected chi connectivity index (χ0v) is 15.3. The molecule has 21 heavy (non-hydrogen) atoms. The van der Waals surface area contributed by atoms with E-state index >= 15 is 0 Å². The maximum atomic E-state index is 5.61. The van der Waals surface area contributed by atoms with Gasteiger partial charge in [-0.3, -0.25) is 0 Å². The second kappa shape index (κ2) is 7.33. The van der Waals surface area contributed by atoms with E-state index in [-0.39, 0.29) is 11.0 Å². The molecule has 0 bridgehead atoms. The van der Waals surface area contributed by atoms with Gasteiger partial charge in [-0.15, -0.1) is 6.42 Å². The summed E-state index contributed by atoms with van der Waals surface area (Å²) in [7, 11) is 0. The fourth-order valence-corrected chi connectivity index (χ4v) is 3.08. The zero-order chi connectivity index (χ0) is 16.1. The lowest BCUT2D eigenvalue weighted by molar-refractivity contribution is 0.239. The van der Waals surface area contributed by atoms with Gasteiger partial charge in [0.25, 0.3) is 0 Å². The highest BCUT2D eigenvalue weighted by Gasteiger charge is 2.25. The molecule has 0 saturated carbocycles. The normalized spacial score (nSPS) is 12.0. The first-order valence-electron chi connectivity index (χ1n) is 7.23. The maximum Gasteiger partial charge on any atom is 0.148 e. The molecule has 0 aliphatic heterocycles. The summed E-state index contributed by atoms with van der Waals surface area (Å²) in [6, 6.07) is 6.00. The number of ether oxygens (including phenoxy) is 1. The van der Waals surface area contributed by atoms with Crippen LogP contribution in [0.5, 0.6) is 5.75 Å². The molecule has 2 nitrogen and oxygen atoms in total. The van der Waals surface area contributed by atoms with Gasteiger partial charge in [0.1, 0.15) is 12.4 Å². The number of benzene rings is 1. The van der Waals surface area contributed by atoms with Crippen molar-refractivity contribution < 1.29 is 4.74 Å². The van der Waals surface area contributed by atoms with Crippen LogP contribution >= 0.6 is 15.9 Å². The van der Waals surface area contributed by atoms with E-state index in [1.807, 2.05) is 12.1 Å². The fourth-order valence-electron chi connectivity index (χ4n) is 2.67. The van der Waals surface area contributed by atoms with Crippen LogP contribution in [0.3, 0.4) is 0 Å². The van der Waals surface area contributed by atoms with Crippen molar-refractivity contribution in [3.8, 4) is 18.1 Å². The van der Waals surface area contributed by atoms with Gasteiger partial charge in [-0.25, -0.2) is 0 Å². The quantitative estimate of drug-likeness (QED) is 0.745. The Kier molecular flexibility index (Phi) is 6.31. The van der Waals surface area contributed by atoms with Crippen LogP contribution in [-0.4, -0.2) is 12.1 Å². The van der Waals surface area contributed by atoms with Crippen LogP contribution in [-0.2, 0) is 6.54 Å². The van der Waals surface area contributed by atoms with Crippen LogP contribution in [0.15, 0.2) is 22.7 Å². The van der Waals surface area contributed by atoms with Gasteiger partial charge >= 0.3 is 0 Å². The summed E-state index contributed by atoms with van der Waals surface area (Å²) in [4.78, 5) is 0. The Hall–Kier alpha value is -0.980. The summed E-state index contributed by atoms with van der Waals surface area (Å²) in [5, 5.41) is 3.62. The topological polar surface area (TPSA) is 21.3 Å². The second-order valence-corrected chi connectivity index (χ2v) is 8.14. The molecule has 0 heterocycles. The Morgan fingerprint density at radius 2 is 1.90 bits per heavy atom. The van der Waals surface area contributed by atoms with Crippen LogP contribution < -0.4 is 10.1 Å². The molecule has 1 N–H and O–H groups in total. The average Bonchev–Trinajstić information content (AvgIpc) is 2.32. The Bertz CT molecular complexity index is 509. The molecule has 0 aliphatic carbocycles. The Labute approximate surface area is 137 Å². The summed E-state index contributed by atoms with van der Waals surface area (Å²) in [6.45, 7) is 12.3. The highest BCUT2D eigenvalue weighted by Crippen LogP contribution is 2.28. The molecule has 0 fully saturated rings. The van der Waals surface area contributed by atoms with Gasteiger partial charge < -0.3 is 10.1 Å². The molecule has 1 aromatic rings. The van der Waals surface area contributed by atoms with Crippen molar-refractivity contribution in [1.29, 1.82) is 0 Å². The third-order valence-electron chi connectivity index (χ3n) is 3.06. The number of hydrogen-bond donors (Lipinski definition) is 1. The summed E-state index contributed by atoms with van der Waals surface area (Å²) < 4.78 is 6.65. The van der Waals surface area contributed by atoms with Gasteiger partial charge in [-0.1, -0.05) is 42.6 Å². The SMILES string of the molecule is C#CCOc1ccc(Br)cc1CNC(C)(C)CC(C)(C)C. The molecule has 0 aliphatic rings. The van der Waals surface area contributed by atoms with Crippen molar-refractivity contribution in [3.63, 3.8) is 0 Å². The molecular weight excluding hydrogens is 326 g/mol.